The van der Waals surface area contributed by atoms with Crippen molar-refractivity contribution >= 4 is 5.69 Å². The Labute approximate surface area is 119 Å². The molecule has 0 aliphatic heterocycles. The Balaban J connectivity index is 2.19. The van der Waals surface area contributed by atoms with Gasteiger partial charge in [0, 0.05) is 31.0 Å². The van der Waals surface area contributed by atoms with Crippen LogP contribution in [0.4, 0.5) is 5.69 Å². The van der Waals surface area contributed by atoms with Crippen molar-refractivity contribution in [1.82, 2.24) is 4.57 Å². The first-order chi connectivity index (χ1) is 9.56. The first-order valence-corrected chi connectivity index (χ1v) is 6.50. The molecule has 0 saturated carbocycles. The second-order valence-electron chi connectivity index (χ2n) is 4.84. The van der Waals surface area contributed by atoms with E-state index in [9.17, 15) is 0 Å². The Hall–Kier alpha value is -2.41. The zero-order valence-electron chi connectivity index (χ0n) is 12.3. The fraction of sp³-hybridized carbons (Fsp3) is 0.312. The SMILES string of the molecule is COc1cc(C#N)ccc1NCc1cc(C)n(C)c1C. The summed E-state index contributed by atoms with van der Waals surface area (Å²) in [4.78, 5) is 0. The molecular weight excluding hydrogens is 250 g/mol. The topological polar surface area (TPSA) is 50.0 Å². The van der Waals surface area contributed by atoms with Gasteiger partial charge >= 0.3 is 0 Å². The molecular formula is C16H19N3O. The minimum Gasteiger partial charge on any atom is -0.495 e. The van der Waals surface area contributed by atoms with Crippen molar-refractivity contribution in [3.63, 3.8) is 0 Å². The first-order valence-electron chi connectivity index (χ1n) is 6.50. The zero-order valence-corrected chi connectivity index (χ0v) is 12.3. The average molecular weight is 269 g/mol. The Morgan fingerprint density at radius 1 is 1.30 bits per heavy atom. The molecule has 0 unspecified atom stereocenters. The molecule has 1 N–H and O–H groups in total. The summed E-state index contributed by atoms with van der Waals surface area (Å²) in [5.74, 6) is 0.689. The molecule has 2 aromatic rings. The molecule has 0 amide bonds. The number of benzene rings is 1. The molecule has 20 heavy (non-hydrogen) atoms. The van der Waals surface area contributed by atoms with Gasteiger partial charge in [-0.15, -0.1) is 0 Å². The highest BCUT2D eigenvalue weighted by atomic mass is 16.5. The standard InChI is InChI=1S/C16H19N3O/c1-11-7-14(12(2)19(11)3)10-18-15-6-5-13(9-17)8-16(15)20-4/h5-8,18H,10H2,1-4H3. The third kappa shape index (κ3) is 2.62. The number of hydrogen-bond donors (Lipinski definition) is 1. The lowest BCUT2D eigenvalue weighted by atomic mass is 10.2. The number of anilines is 1. The predicted molar refractivity (Wildman–Crippen MR) is 79.9 cm³/mol. The van der Waals surface area contributed by atoms with Crippen LogP contribution in [0.3, 0.4) is 0 Å². The van der Waals surface area contributed by atoms with Gasteiger partial charge in [-0.3, -0.25) is 0 Å². The Morgan fingerprint density at radius 3 is 2.60 bits per heavy atom. The molecule has 0 aliphatic carbocycles. The normalized spacial score (nSPS) is 10.2. The molecule has 4 heteroatoms. The van der Waals surface area contributed by atoms with E-state index in [2.05, 4.69) is 42.9 Å². The minimum atomic E-state index is 0.596. The quantitative estimate of drug-likeness (QED) is 0.927. The summed E-state index contributed by atoms with van der Waals surface area (Å²) >= 11 is 0. The van der Waals surface area contributed by atoms with Gasteiger partial charge in [0.15, 0.2) is 0 Å². The van der Waals surface area contributed by atoms with Gasteiger partial charge in [-0.1, -0.05) is 0 Å². The number of nitriles is 1. The summed E-state index contributed by atoms with van der Waals surface area (Å²) in [6.07, 6.45) is 0. The number of nitrogens with one attached hydrogen (secondary N) is 1. The number of aryl methyl sites for hydroxylation is 1. The monoisotopic (exact) mass is 269 g/mol. The lowest BCUT2D eigenvalue weighted by Crippen LogP contribution is -2.03. The molecule has 0 radical (unpaired) electrons. The fourth-order valence-corrected chi connectivity index (χ4v) is 2.21. The van der Waals surface area contributed by atoms with Gasteiger partial charge in [-0.05, 0) is 37.6 Å². The van der Waals surface area contributed by atoms with Crippen molar-refractivity contribution < 1.29 is 4.74 Å². The van der Waals surface area contributed by atoms with Crippen LogP contribution >= 0.6 is 0 Å². The van der Waals surface area contributed by atoms with Crippen LogP contribution in [0.2, 0.25) is 0 Å². The largest absolute Gasteiger partial charge is 0.495 e. The van der Waals surface area contributed by atoms with Gasteiger partial charge in [-0.2, -0.15) is 5.26 Å². The van der Waals surface area contributed by atoms with Gasteiger partial charge in [-0.25, -0.2) is 0 Å². The molecule has 0 bridgehead atoms. The second kappa shape index (κ2) is 5.70. The van der Waals surface area contributed by atoms with Crippen LogP contribution in [-0.4, -0.2) is 11.7 Å². The lowest BCUT2D eigenvalue weighted by molar-refractivity contribution is 0.416. The second-order valence-corrected chi connectivity index (χ2v) is 4.84. The third-order valence-electron chi connectivity index (χ3n) is 3.68. The smallest absolute Gasteiger partial charge is 0.143 e. The maximum Gasteiger partial charge on any atom is 0.143 e. The van der Waals surface area contributed by atoms with Gasteiger partial charge in [0.25, 0.3) is 0 Å². The van der Waals surface area contributed by atoms with Crippen molar-refractivity contribution in [1.29, 1.82) is 5.26 Å². The molecule has 0 saturated heterocycles. The Morgan fingerprint density at radius 2 is 2.05 bits per heavy atom. The van der Waals surface area contributed by atoms with Crippen LogP contribution in [0.25, 0.3) is 0 Å². The van der Waals surface area contributed by atoms with Crippen molar-refractivity contribution in [2.24, 2.45) is 7.05 Å². The third-order valence-corrected chi connectivity index (χ3v) is 3.68. The summed E-state index contributed by atoms with van der Waals surface area (Å²) in [7, 11) is 3.68. The number of nitrogens with zero attached hydrogens (tertiary/aromatic N) is 2. The van der Waals surface area contributed by atoms with E-state index in [0.717, 1.165) is 12.2 Å². The maximum atomic E-state index is 8.90. The molecule has 104 valence electrons. The van der Waals surface area contributed by atoms with E-state index in [1.54, 1.807) is 19.2 Å². The van der Waals surface area contributed by atoms with Crippen LogP contribution in [0, 0.1) is 25.2 Å². The molecule has 1 heterocycles. The van der Waals surface area contributed by atoms with Crippen molar-refractivity contribution in [3.8, 4) is 11.8 Å². The van der Waals surface area contributed by atoms with Gasteiger partial charge in [0.2, 0.25) is 0 Å². The van der Waals surface area contributed by atoms with E-state index in [1.807, 2.05) is 6.07 Å². The summed E-state index contributed by atoms with van der Waals surface area (Å²) in [6.45, 7) is 4.94. The lowest BCUT2D eigenvalue weighted by Gasteiger charge is -2.11. The minimum absolute atomic E-state index is 0.596. The van der Waals surface area contributed by atoms with Gasteiger partial charge in [0.1, 0.15) is 5.75 Å². The predicted octanol–water partition coefficient (Wildman–Crippen LogP) is 3.13. The van der Waals surface area contributed by atoms with Gasteiger partial charge < -0.3 is 14.6 Å². The van der Waals surface area contributed by atoms with E-state index in [4.69, 9.17) is 10.00 Å². The summed E-state index contributed by atoms with van der Waals surface area (Å²) in [6, 6.07) is 9.70. The summed E-state index contributed by atoms with van der Waals surface area (Å²) in [5, 5.41) is 12.3. The molecule has 0 spiro atoms. The maximum absolute atomic E-state index is 8.90. The number of ether oxygens (including phenoxy) is 1. The molecule has 2 rings (SSSR count). The first kappa shape index (κ1) is 14.0. The van der Waals surface area contributed by atoms with E-state index in [-0.39, 0.29) is 0 Å². The summed E-state index contributed by atoms with van der Waals surface area (Å²) in [5.41, 5.74) is 5.25. The van der Waals surface area contributed by atoms with E-state index >= 15 is 0 Å². The van der Waals surface area contributed by atoms with E-state index in [1.165, 1.54) is 17.0 Å². The molecule has 4 nitrogen and oxygen atoms in total. The fourth-order valence-electron chi connectivity index (χ4n) is 2.21. The molecule has 0 aliphatic rings. The van der Waals surface area contributed by atoms with Crippen LogP contribution in [0.1, 0.15) is 22.5 Å². The molecule has 0 fully saturated rings. The number of aromatic nitrogens is 1. The highest BCUT2D eigenvalue weighted by Crippen LogP contribution is 2.26. The van der Waals surface area contributed by atoms with Crippen molar-refractivity contribution in [3.05, 3.63) is 46.8 Å². The number of methoxy groups -OCH3 is 1. The van der Waals surface area contributed by atoms with Crippen LogP contribution in [0.5, 0.6) is 5.75 Å². The number of hydrogen-bond acceptors (Lipinski definition) is 3. The highest BCUT2D eigenvalue weighted by molar-refractivity contribution is 5.59. The molecule has 1 aromatic carbocycles. The van der Waals surface area contributed by atoms with E-state index < -0.39 is 0 Å². The average Bonchev–Trinajstić information content (AvgIpc) is 2.72. The Kier molecular flexibility index (Phi) is 3.99. The van der Waals surface area contributed by atoms with Crippen molar-refractivity contribution in [2.75, 3.05) is 12.4 Å². The van der Waals surface area contributed by atoms with Crippen LogP contribution in [0.15, 0.2) is 24.3 Å². The van der Waals surface area contributed by atoms with Crippen molar-refractivity contribution in [2.45, 2.75) is 20.4 Å². The zero-order chi connectivity index (χ0) is 14.7. The summed E-state index contributed by atoms with van der Waals surface area (Å²) < 4.78 is 7.49. The highest BCUT2D eigenvalue weighted by Gasteiger charge is 2.08. The van der Waals surface area contributed by atoms with Crippen LogP contribution in [-0.2, 0) is 13.6 Å². The molecule has 1 aromatic heterocycles. The Bertz CT molecular complexity index is 665. The number of rotatable bonds is 4. The van der Waals surface area contributed by atoms with E-state index in [0.29, 0.717) is 11.3 Å². The molecule has 0 atom stereocenters. The van der Waals surface area contributed by atoms with Crippen LogP contribution < -0.4 is 10.1 Å². The van der Waals surface area contributed by atoms with Gasteiger partial charge in [0.05, 0.1) is 24.4 Å².